The standard InChI is InChI=1S/C25H21N3O2S/c1-18-23(26-25(30-18)20-6-3-2-4-7-20)17-29-21-11-9-19(10-12-21)16-28-14-13-22(27-28)24-8-5-15-31-24/h2-15H,16-17H2,1H3. The van der Waals surface area contributed by atoms with Crippen LogP contribution in [0.25, 0.3) is 22.0 Å². The van der Waals surface area contributed by atoms with Gasteiger partial charge in [0.05, 0.1) is 11.4 Å². The van der Waals surface area contributed by atoms with E-state index in [1.165, 1.54) is 4.88 Å². The lowest BCUT2D eigenvalue weighted by molar-refractivity contribution is 0.299. The first-order chi connectivity index (χ1) is 15.2. The van der Waals surface area contributed by atoms with Gasteiger partial charge in [0.2, 0.25) is 5.89 Å². The summed E-state index contributed by atoms with van der Waals surface area (Å²) in [6.45, 7) is 3.00. The van der Waals surface area contributed by atoms with Crippen molar-refractivity contribution < 1.29 is 9.15 Å². The minimum atomic E-state index is 0.366. The van der Waals surface area contributed by atoms with Crippen molar-refractivity contribution >= 4 is 11.3 Å². The van der Waals surface area contributed by atoms with E-state index in [9.17, 15) is 0 Å². The van der Waals surface area contributed by atoms with Gasteiger partial charge in [0, 0.05) is 11.8 Å². The summed E-state index contributed by atoms with van der Waals surface area (Å²) in [5.74, 6) is 2.19. The van der Waals surface area contributed by atoms with Gasteiger partial charge < -0.3 is 9.15 Å². The maximum atomic E-state index is 5.94. The zero-order chi connectivity index (χ0) is 21.0. The van der Waals surface area contributed by atoms with E-state index >= 15 is 0 Å². The van der Waals surface area contributed by atoms with Crippen LogP contribution in [-0.2, 0) is 13.2 Å². The number of benzene rings is 2. The van der Waals surface area contributed by atoms with E-state index in [1.807, 2.05) is 72.4 Å². The molecule has 0 aliphatic carbocycles. The topological polar surface area (TPSA) is 53.1 Å². The van der Waals surface area contributed by atoms with Crippen LogP contribution in [0.1, 0.15) is 17.0 Å². The van der Waals surface area contributed by atoms with Crippen LogP contribution in [0.2, 0.25) is 0 Å². The van der Waals surface area contributed by atoms with Crippen molar-refractivity contribution in [2.45, 2.75) is 20.1 Å². The quantitative estimate of drug-likeness (QED) is 0.310. The molecule has 0 N–H and O–H groups in total. The van der Waals surface area contributed by atoms with Crippen molar-refractivity contribution in [2.75, 3.05) is 0 Å². The highest BCUT2D eigenvalue weighted by molar-refractivity contribution is 7.13. The lowest BCUT2D eigenvalue weighted by Gasteiger charge is -2.06. The number of aromatic nitrogens is 3. The van der Waals surface area contributed by atoms with Crippen LogP contribution in [0, 0.1) is 6.92 Å². The average Bonchev–Trinajstić information content (AvgIpc) is 3.55. The highest BCUT2D eigenvalue weighted by atomic mass is 32.1. The average molecular weight is 428 g/mol. The Balaban J connectivity index is 1.21. The summed E-state index contributed by atoms with van der Waals surface area (Å²) in [5.41, 5.74) is 3.94. The SMILES string of the molecule is Cc1oc(-c2ccccc2)nc1COc1ccc(Cn2ccc(-c3cccs3)n2)cc1. The number of aryl methyl sites for hydroxylation is 1. The van der Waals surface area contributed by atoms with Gasteiger partial charge >= 0.3 is 0 Å². The molecule has 0 atom stereocenters. The first-order valence-corrected chi connectivity index (χ1v) is 10.9. The van der Waals surface area contributed by atoms with Gasteiger partial charge in [-0.2, -0.15) is 5.10 Å². The third-order valence-electron chi connectivity index (χ3n) is 4.97. The van der Waals surface area contributed by atoms with Gasteiger partial charge in [-0.3, -0.25) is 4.68 Å². The Morgan fingerprint density at radius 1 is 0.968 bits per heavy atom. The maximum absolute atomic E-state index is 5.94. The van der Waals surface area contributed by atoms with Crippen LogP contribution in [0.4, 0.5) is 0 Å². The van der Waals surface area contributed by atoms with Gasteiger partial charge in [0.15, 0.2) is 0 Å². The molecular weight excluding hydrogens is 406 g/mol. The monoisotopic (exact) mass is 427 g/mol. The van der Waals surface area contributed by atoms with Crippen molar-refractivity contribution in [1.82, 2.24) is 14.8 Å². The largest absolute Gasteiger partial charge is 0.487 e. The Kier molecular flexibility index (Phi) is 5.37. The van der Waals surface area contributed by atoms with Gasteiger partial charge in [-0.15, -0.1) is 11.3 Å². The third-order valence-corrected chi connectivity index (χ3v) is 5.86. The molecule has 0 radical (unpaired) electrons. The second kappa shape index (κ2) is 8.62. The van der Waals surface area contributed by atoms with E-state index in [0.29, 0.717) is 19.0 Å². The second-order valence-corrected chi connectivity index (χ2v) is 8.14. The molecule has 0 fully saturated rings. The molecule has 6 heteroatoms. The number of thiophene rings is 1. The molecule has 3 heterocycles. The van der Waals surface area contributed by atoms with E-state index in [-0.39, 0.29) is 0 Å². The zero-order valence-corrected chi connectivity index (χ0v) is 17.9. The van der Waals surface area contributed by atoms with Crippen molar-refractivity contribution in [3.05, 3.63) is 101 Å². The van der Waals surface area contributed by atoms with Crippen LogP contribution >= 0.6 is 11.3 Å². The van der Waals surface area contributed by atoms with Crippen LogP contribution in [-0.4, -0.2) is 14.8 Å². The molecule has 2 aromatic carbocycles. The third kappa shape index (κ3) is 4.44. The van der Waals surface area contributed by atoms with Gasteiger partial charge in [-0.25, -0.2) is 4.98 Å². The molecule has 0 amide bonds. The van der Waals surface area contributed by atoms with Crippen molar-refractivity contribution in [3.63, 3.8) is 0 Å². The number of hydrogen-bond acceptors (Lipinski definition) is 5. The molecule has 0 bridgehead atoms. The number of ether oxygens (including phenoxy) is 1. The maximum Gasteiger partial charge on any atom is 0.226 e. The Morgan fingerprint density at radius 3 is 2.58 bits per heavy atom. The highest BCUT2D eigenvalue weighted by Crippen LogP contribution is 2.24. The zero-order valence-electron chi connectivity index (χ0n) is 17.1. The molecule has 31 heavy (non-hydrogen) atoms. The van der Waals surface area contributed by atoms with Gasteiger partial charge in [0.25, 0.3) is 0 Å². The molecule has 0 saturated heterocycles. The van der Waals surface area contributed by atoms with Crippen molar-refractivity contribution in [3.8, 4) is 27.8 Å². The summed E-state index contributed by atoms with van der Waals surface area (Å²) in [6.07, 6.45) is 2.01. The fourth-order valence-corrected chi connectivity index (χ4v) is 3.99. The van der Waals surface area contributed by atoms with E-state index in [1.54, 1.807) is 11.3 Å². The molecule has 0 saturated carbocycles. The molecule has 0 spiro atoms. The Morgan fingerprint density at radius 2 is 1.81 bits per heavy atom. The molecule has 0 unspecified atom stereocenters. The smallest absolute Gasteiger partial charge is 0.226 e. The van der Waals surface area contributed by atoms with Crippen LogP contribution in [0.5, 0.6) is 5.75 Å². The van der Waals surface area contributed by atoms with Gasteiger partial charge in [-0.05, 0) is 54.3 Å². The van der Waals surface area contributed by atoms with Crippen LogP contribution in [0.3, 0.4) is 0 Å². The van der Waals surface area contributed by atoms with Gasteiger partial charge in [-0.1, -0.05) is 36.4 Å². The second-order valence-electron chi connectivity index (χ2n) is 7.20. The first-order valence-electron chi connectivity index (χ1n) is 10.1. The van der Waals surface area contributed by atoms with Gasteiger partial charge in [0.1, 0.15) is 29.5 Å². The van der Waals surface area contributed by atoms with E-state index in [2.05, 4.69) is 33.7 Å². The summed E-state index contributed by atoms with van der Waals surface area (Å²) in [6, 6.07) is 24.1. The Labute approximate surface area is 184 Å². The van der Waals surface area contributed by atoms with E-state index in [4.69, 9.17) is 9.15 Å². The van der Waals surface area contributed by atoms with Crippen molar-refractivity contribution in [1.29, 1.82) is 0 Å². The molecule has 5 nitrogen and oxygen atoms in total. The normalized spacial score (nSPS) is 11.0. The highest BCUT2D eigenvalue weighted by Gasteiger charge is 2.12. The summed E-state index contributed by atoms with van der Waals surface area (Å²) in [5, 5.41) is 6.73. The summed E-state index contributed by atoms with van der Waals surface area (Å²) in [4.78, 5) is 5.77. The molecule has 5 aromatic rings. The van der Waals surface area contributed by atoms with E-state index in [0.717, 1.165) is 34.0 Å². The number of hydrogen-bond donors (Lipinski definition) is 0. The molecule has 0 aliphatic heterocycles. The minimum Gasteiger partial charge on any atom is -0.487 e. The minimum absolute atomic E-state index is 0.366. The summed E-state index contributed by atoms with van der Waals surface area (Å²) >= 11 is 1.70. The molecule has 3 aromatic heterocycles. The summed E-state index contributed by atoms with van der Waals surface area (Å²) < 4.78 is 13.7. The van der Waals surface area contributed by atoms with Crippen LogP contribution < -0.4 is 4.74 Å². The number of nitrogens with zero attached hydrogens (tertiary/aromatic N) is 3. The first kappa shape index (κ1) is 19.3. The number of oxazole rings is 1. The fraction of sp³-hybridized carbons (Fsp3) is 0.120. The predicted octanol–water partition coefficient (Wildman–Crippen LogP) is 6.20. The molecular formula is C25H21N3O2S. The van der Waals surface area contributed by atoms with Crippen LogP contribution in [0.15, 0.2) is 88.8 Å². The predicted molar refractivity (Wildman–Crippen MR) is 122 cm³/mol. The lowest BCUT2D eigenvalue weighted by Crippen LogP contribution is -2.01. The van der Waals surface area contributed by atoms with Crippen molar-refractivity contribution in [2.24, 2.45) is 0 Å². The molecule has 0 aliphatic rings. The summed E-state index contributed by atoms with van der Waals surface area (Å²) in [7, 11) is 0. The fourth-order valence-electron chi connectivity index (χ4n) is 3.30. The van der Waals surface area contributed by atoms with E-state index < -0.39 is 0 Å². The molecule has 154 valence electrons. The lowest BCUT2D eigenvalue weighted by atomic mass is 10.2. The number of rotatable bonds is 7. The Hall–Kier alpha value is -3.64. The molecule has 5 rings (SSSR count). The Bertz CT molecular complexity index is 1260.